The van der Waals surface area contributed by atoms with Gasteiger partial charge in [-0.25, -0.2) is 0 Å². The van der Waals surface area contributed by atoms with Crippen molar-refractivity contribution < 1.29 is 4.74 Å². The molecule has 0 atom stereocenters. The molecular formula is C12H12O. The highest BCUT2D eigenvalue weighted by atomic mass is 16.5. The summed E-state index contributed by atoms with van der Waals surface area (Å²) >= 11 is 0. The molecule has 0 aliphatic rings. The molecule has 0 heterocycles. The molecule has 66 valence electrons. The van der Waals surface area contributed by atoms with Gasteiger partial charge in [-0.2, -0.15) is 0 Å². The molecule has 0 N–H and O–H groups in total. The molecule has 0 bridgehead atoms. The largest absolute Gasteiger partial charge is 0.381 e. The summed E-state index contributed by atoms with van der Waals surface area (Å²) in [6.45, 7) is 0.615. The number of rotatable bonds is 2. The summed E-state index contributed by atoms with van der Waals surface area (Å²) in [7, 11) is 1.66. The van der Waals surface area contributed by atoms with Crippen molar-refractivity contribution in [3.05, 3.63) is 48.0 Å². The van der Waals surface area contributed by atoms with Crippen LogP contribution in [0.5, 0.6) is 0 Å². The highest BCUT2D eigenvalue weighted by molar-refractivity contribution is 5.36. The van der Waals surface area contributed by atoms with Crippen molar-refractivity contribution in [1.29, 1.82) is 0 Å². The summed E-state index contributed by atoms with van der Waals surface area (Å²) in [5.74, 6) is 5.94. The van der Waals surface area contributed by atoms with Gasteiger partial charge in [-0.15, -0.1) is 0 Å². The second kappa shape index (κ2) is 6.05. The fourth-order valence-corrected chi connectivity index (χ4v) is 0.850. The van der Waals surface area contributed by atoms with Crippen LogP contribution in [0.15, 0.2) is 42.5 Å². The van der Waals surface area contributed by atoms with Crippen LogP contribution in [0.25, 0.3) is 0 Å². The van der Waals surface area contributed by atoms with Crippen LogP contribution in [0.3, 0.4) is 0 Å². The Morgan fingerprint density at radius 2 is 2.08 bits per heavy atom. The molecule has 0 spiro atoms. The summed E-state index contributed by atoms with van der Waals surface area (Å²) in [5.41, 5.74) is 1.03. The molecule has 0 saturated carbocycles. The molecule has 0 fully saturated rings. The average molecular weight is 172 g/mol. The Morgan fingerprint density at radius 3 is 2.77 bits per heavy atom. The molecule has 0 aromatic heterocycles. The smallest absolute Gasteiger partial charge is 0.0652 e. The molecule has 1 aromatic rings. The van der Waals surface area contributed by atoms with E-state index in [1.165, 1.54) is 0 Å². The lowest BCUT2D eigenvalue weighted by Gasteiger charge is -1.85. The molecule has 13 heavy (non-hydrogen) atoms. The minimum atomic E-state index is 0.615. The molecule has 1 aromatic carbocycles. The van der Waals surface area contributed by atoms with E-state index in [4.69, 9.17) is 4.74 Å². The number of ether oxygens (including phenoxy) is 1. The molecule has 0 aliphatic carbocycles. The zero-order valence-electron chi connectivity index (χ0n) is 7.66. The van der Waals surface area contributed by atoms with Gasteiger partial charge in [0, 0.05) is 12.7 Å². The fourth-order valence-electron chi connectivity index (χ4n) is 0.850. The van der Waals surface area contributed by atoms with E-state index in [1.54, 1.807) is 13.2 Å². The lowest BCUT2D eigenvalue weighted by atomic mass is 10.2. The maximum Gasteiger partial charge on any atom is 0.0652 e. The summed E-state index contributed by atoms with van der Waals surface area (Å²) in [6, 6.07) is 9.89. The van der Waals surface area contributed by atoms with Crippen molar-refractivity contribution in [3.8, 4) is 11.8 Å². The van der Waals surface area contributed by atoms with Crippen molar-refractivity contribution in [3.63, 3.8) is 0 Å². The van der Waals surface area contributed by atoms with E-state index in [1.807, 2.05) is 36.4 Å². The van der Waals surface area contributed by atoms with Gasteiger partial charge in [0.05, 0.1) is 6.61 Å². The number of allylic oxidation sites excluding steroid dienone is 1. The monoisotopic (exact) mass is 172 g/mol. The Hall–Kier alpha value is -1.52. The van der Waals surface area contributed by atoms with Crippen LogP contribution in [0.4, 0.5) is 0 Å². The zero-order valence-corrected chi connectivity index (χ0v) is 7.66. The number of benzene rings is 1. The van der Waals surface area contributed by atoms with E-state index in [9.17, 15) is 0 Å². The third-order valence-electron chi connectivity index (χ3n) is 1.45. The number of hydrogen-bond donors (Lipinski definition) is 0. The molecule has 0 aliphatic heterocycles. The first-order chi connectivity index (χ1) is 6.43. The van der Waals surface area contributed by atoms with Gasteiger partial charge in [-0.1, -0.05) is 36.1 Å². The van der Waals surface area contributed by atoms with E-state index in [0.29, 0.717) is 6.61 Å². The fraction of sp³-hybridized carbons (Fsp3) is 0.167. The van der Waals surface area contributed by atoms with Gasteiger partial charge in [0.25, 0.3) is 0 Å². The first kappa shape index (κ1) is 9.57. The minimum Gasteiger partial charge on any atom is -0.381 e. The van der Waals surface area contributed by atoms with Gasteiger partial charge in [0.15, 0.2) is 0 Å². The Kier molecular flexibility index (Phi) is 4.45. The highest BCUT2D eigenvalue weighted by Crippen LogP contribution is 1.94. The van der Waals surface area contributed by atoms with Gasteiger partial charge in [-0.05, 0) is 18.2 Å². The molecule has 1 rings (SSSR count). The van der Waals surface area contributed by atoms with Crippen molar-refractivity contribution in [2.45, 2.75) is 0 Å². The minimum absolute atomic E-state index is 0.615. The SMILES string of the molecule is COCC=CC#Cc1ccccc1. The normalized spacial score (nSPS) is 9.62. The average Bonchev–Trinajstić information content (AvgIpc) is 2.19. The molecule has 0 saturated heterocycles. The van der Waals surface area contributed by atoms with E-state index in [0.717, 1.165) is 5.56 Å². The summed E-state index contributed by atoms with van der Waals surface area (Å²) < 4.78 is 4.84. The van der Waals surface area contributed by atoms with E-state index in [-0.39, 0.29) is 0 Å². The van der Waals surface area contributed by atoms with Gasteiger partial charge >= 0.3 is 0 Å². The van der Waals surface area contributed by atoms with Crippen LogP contribution in [-0.2, 0) is 4.74 Å². The third kappa shape index (κ3) is 4.15. The topological polar surface area (TPSA) is 9.23 Å². The highest BCUT2D eigenvalue weighted by Gasteiger charge is 1.78. The van der Waals surface area contributed by atoms with Gasteiger partial charge in [0.1, 0.15) is 0 Å². The molecule has 0 radical (unpaired) electrons. The molecule has 1 heteroatoms. The Labute approximate surface area is 79.0 Å². The molecule has 0 unspecified atom stereocenters. The van der Waals surface area contributed by atoms with Crippen LogP contribution in [-0.4, -0.2) is 13.7 Å². The first-order valence-corrected chi connectivity index (χ1v) is 4.14. The standard InChI is InChI=1S/C12H12O/c1-13-11-7-3-6-10-12-8-4-2-5-9-12/h2-5,7-9H,11H2,1H3. The van der Waals surface area contributed by atoms with Crippen LogP contribution >= 0.6 is 0 Å². The second-order valence-corrected chi connectivity index (χ2v) is 2.49. The zero-order chi connectivity index (χ0) is 9.36. The van der Waals surface area contributed by atoms with Crippen molar-refractivity contribution in [2.24, 2.45) is 0 Å². The lowest BCUT2D eigenvalue weighted by Crippen LogP contribution is -1.78. The maximum atomic E-state index is 4.84. The predicted molar refractivity (Wildman–Crippen MR) is 54.3 cm³/mol. The van der Waals surface area contributed by atoms with Crippen LogP contribution in [0, 0.1) is 11.8 Å². The molecule has 0 amide bonds. The maximum absolute atomic E-state index is 4.84. The summed E-state index contributed by atoms with van der Waals surface area (Å²) in [5, 5.41) is 0. The Bertz CT molecular complexity index is 314. The van der Waals surface area contributed by atoms with Gasteiger partial charge in [-0.3, -0.25) is 0 Å². The van der Waals surface area contributed by atoms with Crippen molar-refractivity contribution >= 4 is 0 Å². The Morgan fingerprint density at radius 1 is 1.31 bits per heavy atom. The van der Waals surface area contributed by atoms with E-state index >= 15 is 0 Å². The molecular weight excluding hydrogens is 160 g/mol. The summed E-state index contributed by atoms with van der Waals surface area (Å²) in [6.07, 6.45) is 3.69. The van der Waals surface area contributed by atoms with Crippen LogP contribution < -0.4 is 0 Å². The van der Waals surface area contributed by atoms with E-state index in [2.05, 4.69) is 11.8 Å². The van der Waals surface area contributed by atoms with Gasteiger partial charge < -0.3 is 4.74 Å². The number of methoxy groups -OCH3 is 1. The van der Waals surface area contributed by atoms with Gasteiger partial charge in [0.2, 0.25) is 0 Å². The van der Waals surface area contributed by atoms with Crippen LogP contribution in [0.1, 0.15) is 5.56 Å². The lowest BCUT2D eigenvalue weighted by molar-refractivity contribution is 0.234. The van der Waals surface area contributed by atoms with Crippen LogP contribution in [0.2, 0.25) is 0 Å². The summed E-state index contributed by atoms with van der Waals surface area (Å²) in [4.78, 5) is 0. The third-order valence-corrected chi connectivity index (χ3v) is 1.45. The van der Waals surface area contributed by atoms with E-state index < -0.39 is 0 Å². The van der Waals surface area contributed by atoms with Crippen molar-refractivity contribution in [1.82, 2.24) is 0 Å². The predicted octanol–water partition coefficient (Wildman–Crippen LogP) is 2.24. The molecule has 1 nitrogen and oxygen atoms in total. The second-order valence-electron chi connectivity index (χ2n) is 2.49. The first-order valence-electron chi connectivity index (χ1n) is 4.14. The Balaban J connectivity index is 2.49. The van der Waals surface area contributed by atoms with Crippen molar-refractivity contribution in [2.75, 3.05) is 13.7 Å². The number of hydrogen-bond acceptors (Lipinski definition) is 1. The quantitative estimate of drug-likeness (QED) is 0.622.